The topological polar surface area (TPSA) is 162 Å². The third kappa shape index (κ3) is 6.08. The van der Waals surface area contributed by atoms with Crippen LogP contribution in [0.3, 0.4) is 0 Å². The zero-order chi connectivity index (χ0) is 22.3. The molecular weight excluding hydrogens is 392 g/mol. The third-order valence-electron chi connectivity index (χ3n) is 5.40. The number of phenols is 6. The molecule has 2 atom stereocenters. The predicted octanol–water partition coefficient (Wildman–Crippen LogP) is 2.48. The van der Waals surface area contributed by atoms with Crippen molar-refractivity contribution in [3.63, 3.8) is 0 Å². The van der Waals surface area contributed by atoms with Crippen LogP contribution in [0.4, 0.5) is 0 Å². The number of hydrogen-bond acceptors (Lipinski definition) is 8. The summed E-state index contributed by atoms with van der Waals surface area (Å²) in [5.41, 5.74) is 1.20. The molecule has 0 fully saturated rings. The minimum atomic E-state index is -0.591. The van der Waals surface area contributed by atoms with Gasteiger partial charge in [-0.3, -0.25) is 0 Å². The average Bonchev–Trinajstić information content (AvgIpc) is 2.69. The molecule has 30 heavy (non-hydrogen) atoms. The predicted molar refractivity (Wildman–Crippen MR) is 110 cm³/mol. The largest absolute Gasteiger partial charge is 0.504 e. The maximum atomic E-state index is 9.81. The molecule has 0 unspecified atom stereocenters. The third-order valence-corrected chi connectivity index (χ3v) is 5.40. The maximum absolute atomic E-state index is 9.81. The van der Waals surface area contributed by atoms with Crippen LogP contribution in [0.25, 0.3) is 0 Å². The first kappa shape index (κ1) is 23.4. The number of hydrogen-bond donors (Lipinski definition) is 8. The molecule has 0 radical (unpaired) electrons. The van der Waals surface area contributed by atoms with Gasteiger partial charge in [0.05, 0.1) is 0 Å². The minimum Gasteiger partial charge on any atom is -0.504 e. The Morgan fingerprint density at radius 2 is 0.933 bits per heavy atom. The van der Waals surface area contributed by atoms with Crippen molar-refractivity contribution in [2.75, 3.05) is 13.2 Å². The van der Waals surface area contributed by atoms with Crippen LogP contribution in [0.15, 0.2) is 24.3 Å². The van der Waals surface area contributed by atoms with Crippen molar-refractivity contribution in [2.45, 2.75) is 38.5 Å². The van der Waals surface area contributed by atoms with E-state index in [1.165, 1.54) is 24.3 Å². The molecule has 8 nitrogen and oxygen atoms in total. The Morgan fingerprint density at radius 1 is 0.533 bits per heavy atom. The van der Waals surface area contributed by atoms with Crippen LogP contribution in [0.1, 0.15) is 36.8 Å². The molecule has 0 saturated heterocycles. The Morgan fingerprint density at radius 3 is 1.30 bits per heavy atom. The van der Waals surface area contributed by atoms with E-state index in [4.69, 9.17) is 5.11 Å². The lowest BCUT2D eigenvalue weighted by atomic mass is 9.78. The van der Waals surface area contributed by atoms with Gasteiger partial charge in [-0.15, -0.1) is 0 Å². The van der Waals surface area contributed by atoms with Crippen LogP contribution in [-0.4, -0.2) is 54.1 Å². The lowest BCUT2D eigenvalue weighted by Gasteiger charge is -2.28. The highest BCUT2D eigenvalue weighted by atomic mass is 16.3. The fourth-order valence-electron chi connectivity index (χ4n) is 3.86. The molecule has 2 rings (SSSR count). The van der Waals surface area contributed by atoms with E-state index >= 15 is 0 Å². The molecule has 8 heteroatoms. The maximum Gasteiger partial charge on any atom is 0.200 e. The van der Waals surface area contributed by atoms with E-state index in [1.807, 2.05) is 0 Å². The zero-order valence-corrected chi connectivity index (χ0v) is 16.7. The SMILES string of the molecule is OCCCC[C@@H](Cc1cc(O)c(O)c(O)c1)[C@@H](CCO)Cc1cc(O)c(O)c(O)c1. The van der Waals surface area contributed by atoms with Crippen molar-refractivity contribution >= 4 is 0 Å². The van der Waals surface area contributed by atoms with E-state index in [2.05, 4.69) is 0 Å². The van der Waals surface area contributed by atoms with Crippen molar-refractivity contribution in [1.82, 2.24) is 0 Å². The van der Waals surface area contributed by atoms with Crippen molar-refractivity contribution in [2.24, 2.45) is 11.8 Å². The molecule has 2 aromatic carbocycles. The van der Waals surface area contributed by atoms with Gasteiger partial charge in [0.15, 0.2) is 34.5 Å². The van der Waals surface area contributed by atoms with Crippen molar-refractivity contribution in [3.8, 4) is 34.5 Å². The summed E-state index contributed by atoms with van der Waals surface area (Å²) < 4.78 is 0. The zero-order valence-electron chi connectivity index (χ0n) is 16.7. The van der Waals surface area contributed by atoms with E-state index in [0.29, 0.717) is 43.2 Å². The Labute approximate surface area is 174 Å². The van der Waals surface area contributed by atoms with Gasteiger partial charge in [-0.25, -0.2) is 0 Å². The fraction of sp³-hybridized carbons (Fsp3) is 0.455. The Bertz CT molecular complexity index is 790. The summed E-state index contributed by atoms with van der Waals surface area (Å²) in [5, 5.41) is 77.0. The summed E-state index contributed by atoms with van der Waals surface area (Å²) in [6.07, 6.45) is 3.31. The molecule has 0 spiro atoms. The molecule has 0 saturated carbocycles. The van der Waals surface area contributed by atoms with E-state index < -0.39 is 34.5 Å². The number of rotatable bonds is 11. The number of aliphatic hydroxyl groups is 2. The van der Waals surface area contributed by atoms with E-state index in [0.717, 1.165) is 6.42 Å². The average molecular weight is 422 g/mol. The molecule has 0 bridgehead atoms. The van der Waals surface area contributed by atoms with Gasteiger partial charge in [-0.1, -0.05) is 6.42 Å². The van der Waals surface area contributed by atoms with Crippen molar-refractivity contribution in [3.05, 3.63) is 35.4 Å². The van der Waals surface area contributed by atoms with Crippen LogP contribution in [0, 0.1) is 11.8 Å². The highest BCUT2D eigenvalue weighted by Gasteiger charge is 2.24. The number of phenolic OH excluding ortho intramolecular Hbond substituents is 6. The fourth-order valence-corrected chi connectivity index (χ4v) is 3.86. The van der Waals surface area contributed by atoms with Crippen molar-refractivity contribution in [1.29, 1.82) is 0 Å². The molecule has 0 aliphatic carbocycles. The minimum absolute atomic E-state index is 0.0230. The quantitative estimate of drug-likeness (QED) is 0.202. The molecule has 0 aliphatic rings. The molecule has 0 amide bonds. The number of aromatic hydroxyl groups is 6. The molecule has 2 aromatic rings. The van der Waals surface area contributed by atoms with Gasteiger partial charge < -0.3 is 40.9 Å². The molecule has 8 N–H and O–H groups in total. The van der Waals surface area contributed by atoms with Gasteiger partial charge >= 0.3 is 0 Å². The van der Waals surface area contributed by atoms with Crippen LogP contribution in [0.5, 0.6) is 34.5 Å². The summed E-state index contributed by atoms with van der Waals surface area (Å²) in [6, 6.07) is 5.48. The van der Waals surface area contributed by atoms with Gasteiger partial charge in [0, 0.05) is 13.2 Å². The Kier molecular flexibility index (Phi) is 8.44. The second-order valence-corrected chi connectivity index (χ2v) is 7.63. The summed E-state index contributed by atoms with van der Waals surface area (Å²) in [5.74, 6) is -3.00. The Hall–Kier alpha value is -2.84. The van der Waals surface area contributed by atoms with Gasteiger partial charge in [0.2, 0.25) is 0 Å². The number of benzene rings is 2. The van der Waals surface area contributed by atoms with Gasteiger partial charge in [-0.05, 0) is 79.3 Å². The van der Waals surface area contributed by atoms with Crippen LogP contribution in [0.2, 0.25) is 0 Å². The highest BCUT2D eigenvalue weighted by molar-refractivity contribution is 5.52. The molecule has 0 aromatic heterocycles. The summed E-state index contributed by atoms with van der Waals surface area (Å²) >= 11 is 0. The van der Waals surface area contributed by atoms with Crippen LogP contribution in [-0.2, 0) is 12.8 Å². The summed E-state index contributed by atoms with van der Waals surface area (Å²) in [4.78, 5) is 0. The first-order valence-corrected chi connectivity index (χ1v) is 9.96. The molecule has 0 heterocycles. The van der Waals surface area contributed by atoms with Gasteiger partial charge in [0.25, 0.3) is 0 Å². The normalized spacial score (nSPS) is 13.3. The smallest absolute Gasteiger partial charge is 0.200 e. The number of unbranched alkanes of at least 4 members (excludes halogenated alkanes) is 1. The van der Waals surface area contributed by atoms with E-state index in [-0.39, 0.29) is 25.0 Å². The first-order chi connectivity index (χ1) is 14.3. The second-order valence-electron chi connectivity index (χ2n) is 7.63. The van der Waals surface area contributed by atoms with Gasteiger partial charge in [-0.2, -0.15) is 0 Å². The molecule has 0 aliphatic heterocycles. The first-order valence-electron chi connectivity index (χ1n) is 9.96. The Balaban J connectivity index is 2.30. The van der Waals surface area contributed by atoms with Crippen LogP contribution >= 0.6 is 0 Å². The van der Waals surface area contributed by atoms with Crippen LogP contribution < -0.4 is 0 Å². The second kappa shape index (κ2) is 10.8. The van der Waals surface area contributed by atoms with Gasteiger partial charge in [0.1, 0.15) is 0 Å². The highest BCUT2D eigenvalue weighted by Crippen LogP contribution is 2.39. The molecular formula is C22H30O8. The lowest BCUT2D eigenvalue weighted by molar-refractivity contribution is 0.202. The summed E-state index contributed by atoms with van der Waals surface area (Å²) in [6.45, 7) is -0.0266. The summed E-state index contributed by atoms with van der Waals surface area (Å²) in [7, 11) is 0. The molecule has 166 valence electrons. The van der Waals surface area contributed by atoms with Crippen molar-refractivity contribution < 1.29 is 40.9 Å². The standard InChI is InChI=1S/C22H30O8/c23-5-2-1-3-15(7-13-9-17(25)21(29)18(26)10-13)16(4-6-24)8-14-11-19(27)22(30)20(28)12-14/h9-12,15-16,23-30H,1-8H2/t15-,16-/m0/s1. The van der Waals surface area contributed by atoms with E-state index in [1.54, 1.807) is 0 Å². The van der Waals surface area contributed by atoms with E-state index in [9.17, 15) is 35.7 Å². The monoisotopic (exact) mass is 422 g/mol. The lowest BCUT2D eigenvalue weighted by Crippen LogP contribution is -2.21. The number of aliphatic hydroxyl groups excluding tert-OH is 2.